The lowest BCUT2D eigenvalue weighted by atomic mass is 10.1. The molecule has 0 aliphatic heterocycles. The lowest BCUT2D eigenvalue weighted by Gasteiger charge is -2.17. The van der Waals surface area contributed by atoms with Gasteiger partial charge in [0.1, 0.15) is 5.82 Å². The normalized spacial score (nSPS) is 11.1. The van der Waals surface area contributed by atoms with Crippen LogP contribution in [0.1, 0.15) is 33.6 Å². The monoisotopic (exact) mass is 339 g/mol. The van der Waals surface area contributed by atoms with Crippen LogP contribution < -0.4 is 16.4 Å². The second kappa shape index (κ2) is 10.7. The van der Waals surface area contributed by atoms with Crippen molar-refractivity contribution in [2.75, 3.05) is 10.6 Å². The van der Waals surface area contributed by atoms with E-state index in [1.165, 1.54) is 18.2 Å². The molecule has 0 aliphatic carbocycles. The van der Waals surface area contributed by atoms with Crippen molar-refractivity contribution in [3.8, 4) is 0 Å². The van der Waals surface area contributed by atoms with Gasteiger partial charge in [-0.15, -0.1) is 24.8 Å². The summed E-state index contributed by atoms with van der Waals surface area (Å²) in [5.74, 6) is -0.598. The molecule has 0 radical (unpaired) electrons. The van der Waals surface area contributed by atoms with Crippen LogP contribution in [-0.4, -0.2) is 18.0 Å². The van der Waals surface area contributed by atoms with Crippen LogP contribution in [0, 0.1) is 5.82 Å². The summed E-state index contributed by atoms with van der Waals surface area (Å²) in [6, 6.07) is 3.81. The number of carbonyl (C=O) groups excluding carboxylic acids is 1. The van der Waals surface area contributed by atoms with E-state index in [-0.39, 0.29) is 42.6 Å². The Kier molecular flexibility index (Phi) is 11.3. The van der Waals surface area contributed by atoms with Crippen LogP contribution in [0.4, 0.5) is 15.8 Å². The molecule has 0 saturated carbocycles. The van der Waals surface area contributed by atoms with Crippen LogP contribution in [0.25, 0.3) is 0 Å². The van der Waals surface area contributed by atoms with Crippen molar-refractivity contribution in [1.82, 2.24) is 0 Å². The maximum absolute atomic E-state index is 13.2. The molecule has 0 heterocycles. The molecule has 21 heavy (non-hydrogen) atoms. The summed E-state index contributed by atoms with van der Waals surface area (Å²) in [4.78, 5) is 11.9. The van der Waals surface area contributed by atoms with E-state index in [2.05, 4.69) is 10.6 Å². The fourth-order valence-corrected chi connectivity index (χ4v) is 1.72. The summed E-state index contributed by atoms with van der Waals surface area (Å²) >= 11 is 0. The van der Waals surface area contributed by atoms with Crippen LogP contribution in [0.15, 0.2) is 18.2 Å². The largest absolute Gasteiger partial charge is 0.381 e. The van der Waals surface area contributed by atoms with Gasteiger partial charge in [0, 0.05) is 6.04 Å². The molecule has 122 valence electrons. The molecular formula is C14H24Cl2FN3O. The zero-order valence-electron chi connectivity index (χ0n) is 12.5. The van der Waals surface area contributed by atoms with Crippen molar-refractivity contribution in [3.05, 3.63) is 24.0 Å². The molecule has 4 nitrogen and oxygen atoms in total. The first kappa shape index (κ1) is 22.2. The molecule has 1 unspecified atom stereocenters. The van der Waals surface area contributed by atoms with E-state index in [0.717, 1.165) is 6.42 Å². The Morgan fingerprint density at radius 3 is 2.43 bits per heavy atom. The van der Waals surface area contributed by atoms with Gasteiger partial charge in [-0.05, 0) is 38.5 Å². The van der Waals surface area contributed by atoms with Crippen molar-refractivity contribution in [2.24, 2.45) is 5.73 Å². The van der Waals surface area contributed by atoms with Crippen molar-refractivity contribution < 1.29 is 9.18 Å². The average Bonchev–Trinajstić information content (AvgIpc) is 2.32. The Morgan fingerprint density at radius 2 is 1.90 bits per heavy atom. The number of amides is 1. The van der Waals surface area contributed by atoms with Crippen LogP contribution in [0.5, 0.6) is 0 Å². The third-order valence-corrected chi connectivity index (χ3v) is 2.62. The van der Waals surface area contributed by atoms with E-state index in [9.17, 15) is 9.18 Å². The van der Waals surface area contributed by atoms with Gasteiger partial charge in [0.25, 0.3) is 0 Å². The smallest absolute Gasteiger partial charge is 0.241 e. The van der Waals surface area contributed by atoms with Gasteiger partial charge in [0.05, 0.1) is 17.4 Å². The van der Waals surface area contributed by atoms with Crippen LogP contribution >= 0.6 is 24.8 Å². The Bertz CT molecular complexity index is 444. The number of hydrogen-bond acceptors (Lipinski definition) is 3. The van der Waals surface area contributed by atoms with Gasteiger partial charge in [-0.25, -0.2) is 4.39 Å². The minimum absolute atomic E-state index is 0. The molecule has 0 aromatic heterocycles. The summed E-state index contributed by atoms with van der Waals surface area (Å²) in [5, 5.41) is 5.83. The number of benzene rings is 1. The number of halogens is 3. The number of hydrogen-bond donors (Lipinski definition) is 3. The molecule has 0 spiro atoms. The predicted molar refractivity (Wildman–Crippen MR) is 91.2 cm³/mol. The molecule has 0 aliphatic rings. The maximum Gasteiger partial charge on any atom is 0.241 e. The molecule has 1 atom stereocenters. The third kappa shape index (κ3) is 7.50. The van der Waals surface area contributed by atoms with Gasteiger partial charge in [-0.2, -0.15) is 0 Å². The van der Waals surface area contributed by atoms with E-state index in [4.69, 9.17) is 5.73 Å². The Morgan fingerprint density at radius 1 is 1.29 bits per heavy atom. The molecule has 1 aromatic carbocycles. The number of nitrogens with one attached hydrogen (secondary N) is 2. The van der Waals surface area contributed by atoms with E-state index >= 15 is 0 Å². The summed E-state index contributed by atoms with van der Waals surface area (Å²) in [7, 11) is 0. The summed E-state index contributed by atoms with van der Waals surface area (Å²) in [6.45, 7) is 5.86. The van der Waals surface area contributed by atoms with Gasteiger partial charge < -0.3 is 16.4 Å². The van der Waals surface area contributed by atoms with Crippen LogP contribution in [0.3, 0.4) is 0 Å². The summed E-state index contributed by atoms with van der Waals surface area (Å²) in [6.07, 6.45) is 1.47. The van der Waals surface area contributed by atoms with Crippen LogP contribution in [-0.2, 0) is 4.79 Å². The van der Waals surface area contributed by atoms with Crippen molar-refractivity contribution in [2.45, 2.75) is 45.7 Å². The molecule has 0 saturated heterocycles. The Hall–Kier alpha value is -1.04. The van der Waals surface area contributed by atoms with Gasteiger partial charge in [0.2, 0.25) is 5.91 Å². The summed E-state index contributed by atoms with van der Waals surface area (Å²) < 4.78 is 13.2. The molecule has 4 N–H and O–H groups in total. The minimum atomic E-state index is -0.540. The van der Waals surface area contributed by atoms with E-state index in [1.54, 1.807) is 0 Å². The molecule has 0 bridgehead atoms. The molecule has 0 fully saturated rings. The summed E-state index contributed by atoms with van der Waals surface area (Å²) in [5.41, 5.74) is 6.86. The molecule has 1 aromatic rings. The van der Waals surface area contributed by atoms with Crippen molar-refractivity contribution in [3.63, 3.8) is 0 Å². The lowest BCUT2D eigenvalue weighted by Crippen LogP contribution is -2.35. The quantitative estimate of drug-likeness (QED) is 0.742. The number of rotatable bonds is 6. The zero-order chi connectivity index (χ0) is 14.4. The lowest BCUT2D eigenvalue weighted by molar-refractivity contribution is -0.117. The number of nitrogens with two attached hydrogens (primary N) is 1. The van der Waals surface area contributed by atoms with E-state index in [0.29, 0.717) is 17.8 Å². The predicted octanol–water partition coefficient (Wildman–Crippen LogP) is 3.56. The first-order chi connectivity index (χ1) is 8.93. The average molecular weight is 340 g/mol. The fraction of sp³-hybridized carbons (Fsp3) is 0.500. The van der Waals surface area contributed by atoms with Gasteiger partial charge in [-0.1, -0.05) is 13.3 Å². The van der Waals surface area contributed by atoms with Crippen molar-refractivity contribution in [1.29, 1.82) is 0 Å². The second-order valence-corrected chi connectivity index (χ2v) is 4.87. The third-order valence-electron chi connectivity index (χ3n) is 2.62. The molecule has 1 amide bonds. The first-order valence-corrected chi connectivity index (χ1v) is 6.56. The minimum Gasteiger partial charge on any atom is -0.381 e. The van der Waals surface area contributed by atoms with Gasteiger partial charge in [-0.3, -0.25) is 4.79 Å². The molecular weight excluding hydrogens is 316 g/mol. The van der Waals surface area contributed by atoms with Crippen LogP contribution in [0.2, 0.25) is 0 Å². The maximum atomic E-state index is 13.2. The fourth-order valence-electron chi connectivity index (χ4n) is 1.72. The second-order valence-electron chi connectivity index (χ2n) is 4.87. The van der Waals surface area contributed by atoms with E-state index < -0.39 is 6.04 Å². The highest BCUT2D eigenvalue weighted by molar-refractivity contribution is 5.97. The highest BCUT2D eigenvalue weighted by Gasteiger charge is 2.14. The SMILES string of the molecule is CCCC(N)C(=O)Nc1ccc(F)cc1NC(C)C.Cl.Cl. The Balaban J connectivity index is 0. The standard InChI is InChI=1S/C14H22FN3O.2ClH/c1-4-5-11(16)14(19)18-12-7-6-10(15)8-13(12)17-9(2)3;;/h6-9,11,17H,4-5,16H2,1-3H3,(H,18,19);2*1H. The first-order valence-electron chi connectivity index (χ1n) is 6.56. The zero-order valence-corrected chi connectivity index (χ0v) is 14.1. The topological polar surface area (TPSA) is 67.2 Å². The van der Waals surface area contributed by atoms with E-state index in [1.807, 2.05) is 20.8 Å². The van der Waals surface area contributed by atoms with Crippen molar-refractivity contribution >= 4 is 42.1 Å². The number of anilines is 2. The van der Waals surface area contributed by atoms with Gasteiger partial charge in [0.15, 0.2) is 0 Å². The molecule has 1 rings (SSSR count). The van der Waals surface area contributed by atoms with Gasteiger partial charge >= 0.3 is 0 Å². The Labute approximate surface area is 137 Å². The highest BCUT2D eigenvalue weighted by atomic mass is 35.5. The number of carbonyl (C=O) groups is 1. The highest BCUT2D eigenvalue weighted by Crippen LogP contribution is 2.23. The molecule has 7 heteroatoms.